The van der Waals surface area contributed by atoms with Crippen LogP contribution < -0.4 is 5.32 Å². The summed E-state index contributed by atoms with van der Waals surface area (Å²) >= 11 is 0. The first-order valence-electron chi connectivity index (χ1n) is 4.94. The number of carbonyl (C=O) groups is 1. The topological polar surface area (TPSA) is 51.2 Å². The lowest BCUT2D eigenvalue weighted by atomic mass is 10.1. The molecule has 0 fully saturated rings. The van der Waals surface area contributed by atoms with Crippen LogP contribution in [0.4, 0.5) is 0 Å². The van der Waals surface area contributed by atoms with Crippen LogP contribution in [0.25, 0.3) is 10.8 Å². The second kappa shape index (κ2) is 4.72. The summed E-state index contributed by atoms with van der Waals surface area (Å²) in [5.41, 5.74) is 0.426. The Labute approximate surface area is 93.3 Å². The molecule has 4 nitrogen and oxygen atoms in total. The number of benzene rings is 1. The third-order valence-corrected chi connectivity index (χ3v) is 2.27. The van der Waals surface area contributed by atoms with Crippen molar-refractivity contribution in [3.8, 4) is 0 Å². The van der Waals surface area contributed by atoms with Gasteiger partial charge in [-0.25, -0.2) is 0 Å². The van der Waals surface area contributed by atoms with Crippen molar-refractivity contribution < 1.29 is 9.53 Å². The van der Waals surface area contributed by atoms with Gasteiger partial charge in [-0.2, -0.15) is 0 Å². The molecule has 2 aromatic rings. The Morgan fingerprint density at radius 3 is 3.00 bits per heavy atom. The number of nitrogens with zero attached hydrogens (tertiary/aromatic N) is 1. The molecule has 0 aliphatic carbocycles. The number of ether oxygens (including phenoxy) is 1. The zero-order valence-corrected chi connectivity index (χ0v) is 8.93. The summed E-state index contributed by atoms with van der Waals surface area (Å²) in [6.07, 6.45) is 1.63. The van der Waals surface area contributed by atoms with Crippen LogP contribution in [0, 0.1) is 0 Å². The number of fused-ring (bicyclic) bond motifs is 1. The molecule has 0 atom stereocenters. The monoisotopic (exact) mass is 216 g/mol. The van der Waals surface area contributed by atoms with Crippen LogP contribution in [0.2, 0.25) is 0 Å². The molecule has 0 spiro atoms. The van der Waals surface area contributed by atoms with Gasteiger partial charge in [0.15, 0.2) is 0 Å². The largest absolute Gasteiger partial charge is 0.364 e. The third kappa shape index (κ3) is 2.01. The Kier molecular flexibility index (Phi) is 3.12. The van der Waals surface area contributed by atoms with Gasteiger partial charge in [0.2, 0.25) is 0 Å². The second-order valence-electron chi connectivity index (χ2n) is 3.32. The van der Waals surface area contributed by atoms with E-state index in [0.717, 1.165) is 10.8 Å². The van der Waals surface area contributed by atoms with E-state index in [1.165, 1.54) is 7.11 Å². The van der Waals surface area contributed by atoms with Crippen molar-refractivity contribution in [1.82, 2.24) is 10.3 Å². The summed E-state index contributed by atoms with van der Waals surface area (Å²) < 4.78 is 4.79. The molecule has 1 amide bonds. The molecular formula is C12H12N2O2. The van der Waals surface area contributed by atoms with Gasteiger partial charge in [-0.05, 0) is 11.5 Å². The first-order valence-corrected chi connectivity index (χ1v) is 4.94. The lowest BCUT2D eigenvalue weighted by molar-refractivity contribution is 0.0869. The molecule has 1 N–H and O–H groups in total. The van der Waals surface area contributed by atoms with Crippen LogP contribution in [0.3, 0.4) is 0 Å². The van der Waals surface area contributed by atoms with E-state index in [-0.39, 0.29) is 12.6 Å². The highest BCUT2D eigenvalue weighted by Gasteiger charge is 2.09. The normalized spacial score (nSPS) is 10.3. The van der Waals surface area contributed by atoms with E-state index in [1.807, 2.05) is 30.3 Å². The molecule has 0 aliphatic rings. The van der Waals surface area contributed by atoms with Crippen LogP contribution in [0.1, 0.15) is 10.5 Å². The molecule has 1 heterocycles. The Bertz CT molecular complexity index is 506. The van der Waals surface area contributed by atoms with Crippen molar-refractivity contribution in [2.75, 3.05) is 13.8 Å². The first-order chi connectivity index (χ1) is 7.83. The lowest BCUT2D eigenvalue weighted by Gasteiger charge is -2.05. The van der Waals surface area contributed by atoms with Gasteiger partial charge in [0.1, 0.15) is 12.4 Å². The SMILES string of the molecule is COCNC(=O)c1nccc2ccccc12. The molecule has 0 saturated carbocycles. The summed E-state index contributed by atoms with van der Waals surface area (Å²) in [4.78, 5) is 15.9. The molecule has 2 rings (SSSR count). The van der Waals surface area contributed by atoms with Gasteiger partial charge in [0.25, 0.3) is 5.91 Å². The van der Waals surface area contributed by atoms with Gasteiger partial charge in [0, 0.05) is 18.7 Å². The van der Waals surface area contributed by atoms with Crippen molar-refractivity contribution in [1.29, 1.82) is 0 Å². The molecular weight excluding hydrogens is 204 g/mol. The fourth-order valence-electron chi connectivity index (χ4n) is 1.52. The molecule has 0 unspecified atom stereocenters. The number of nitrogens with one attached hydrogen (secondary N) is 1. The standard InChI is InChI=1S/C12H12N2O2/c1-16-8-14-12(15)11-10-5-3-2-4-9(10)6-7-13-11/h2-7H,8H2,1H3,(H,14,15). The van der Waals surface area contributed by atoms with Crippen molar-refractivity contribution >= 4 is 16.7 Å². The van der Waals surface area contributed by atoms with Gasteiger partial charge in [0.05, 0.1) is 0 Å². The number of aromatic nitrogens is 1. The van der Waals surface area contributed by atoms with Crippen molar-refractivity contribution in [3.05, 3.63) is 42.2 Å². The highest BCUT2D eigenvalue weighted by atomic mass is 16.5. The van der Waals surface area contributed by atoms with Gasteiger partial charge < -0.3 is 10.1 Å². The Balaban J connectivity index is 2.40. The molecule has 4 heteroatoms. The summed E-state index contributed by atoms with van der Waals surface area (Å²) in [5, 5.41) is 4.46. The molecule has 1 aromatic carbocycles. The molecule has 0 bridgehead atoms. The van der Waals surface area contributed by atoms with Crippen molar-refractivity contribution in [3.63, 3.8) is 0 Å². The van der Waals surface area contributed by atoms with Crippen LogP contribution in [0.15, 0.2) is 36.5 Å². The Morgan fingerprint density at radius 2 is 2.19 bits per heavy atom. The molecule has 16 heavy (non-hydrogen) atoms. The van der Waals surface area contributed by atoms with E-state index < -0.39 is 0 Å². The maximum atomic E-state index is 11.8. The number of amides is 1. The summed E-state index contributed by atoms with van der Waals surface area (Å²) in [6, 6.07) is 9.52. The number of carbonyl (C=O) groups excluding carboxylic acids is 1. The van der Waals surface area contributed by atoms with Crippen molar-refractivity contribution in [2.24, 2.45) is 0 Å². The van der Waals surface area contributed by atoms with E-state index >= 15 is 0 Å². The quantitative estimate of drug-likeness (QED) is 0.792. The first kappa shape index (κ1) is 10.6. The van der Waals surface area contributed by atoms with Crippen LogP contribution >= 0.6 is 0 Å². The Morgan fingerprint density at radius 1 is 1.38 bits per heavy atom. The van der Waals surface area contributed by atoms with E-state index in [9.17, 15) is 4.79 Å². The molecule has 0 aliphatic heterocycles. The van der Waals surface area contributed by atoms with Crippen molar-refractivity contribution in [2.45, 2.75) is 0 Å². The minimum atomic E-state index is -0.223. The van der Waals surface area contributed by atoms with E-state index in [0.29, 0.717) is 5.69 Å². The summed E-state index contributed by atoms with van der Waals surface area (Å²) in [5.74, 6) is -0.223. The van der Waals surface area contributed by atoms with Gasteiger partial charge in [-0.15, -0.1) is 0 Å². The Hall–Kier alpha value is -1.94. The molecule has 1 aromatic heterocycles. The van der Waals surface area contributed by atoms with E-state index in [2.05, 4.69) is 10.3 Å². The van der Waals surface area contributed by atoms with Crippen LogP contribution in [0.5, 0.6) is 0 Å². The maximum Gasteiger partial charge on any atom is 0.272 e. The minimum Gasteiger partial charge on any atom is -0.364 e. The number of methoxy groups -OCH3 is 1. The fourth-order valence-corrected chi connectivity index (χ4v) is 1.52. The minimum absolute atomic E-state index is 0.184. The number of hydrogen-bond donors (Lipinski definition) is 1. The second-order valence-corrected chi connectivity index (χ2v) is 3.32. The lowest BCUT2D eigenvalue weighted by Crippen LogP contribution is -2.26. The number of rotatable bonds is 3. The summed E-state index contributed by atoms with van der Waals surface area (Å²) in [6.45, 7) is 0.184. The predicted octanol–water partition coefficient (Wildman–Crippen LogP) is 1.57. The number of hydrogen-bond acceptors (Lipinski definition) is 3. The average Bonchev–Trinajstić information content (AvgIpc) is 2.35. The van der Waals surface area contributed by atoms with Gasteiger partial charge in [-0.3, -0.25) is 9.78 Å². The third-order valence-electron chi connectivity index (χ3n) is 2.27. The smallest absolute Gasteiger partial charge is 0.272 e. The molecule has 82 valence electrons. The average molecular weight is 216 g/mol. The summed E-state index contributed by atoms with van der Waals surface area (Å²) in [7, 11) is 1.52. The maximum absolute atomic E-state index is 11.8. The van der Waals surface area contributed by atoms with E-state index in [1.54, 1.807) is 6.20 Å². The van der Waals surface area contributed by atoms with Crippen LogP contribution in [-0.4, -0.2) is 24.7 Å². The highest BCUT2D eigenvalue weighted by molar-refractivity contribution is 6.05. The predicted molar refractivity (Wildman–Crippen MR) is 61.1 cm³/mol. The van der Waals surface area contributed by atoms with Gasteiger partial charge in [-0.1, -0.05) is 24.3 Å². The molecule has 0 radical (unpaired) electrons. The zero-order chi connectivity index (χ0) is 11.4. The highest BCUT2D eigenvalue weighted by Crippen LogP contribution is 2.15. The number of pyridine rings is 1. The fraction of sp³-hybridized carbons (Fsp3) is 0.167. The van der Waals surface area contributed by atoms with Crippen LogP contribution in [-0.2, 0) is 4.74 Å². The van der Waals surface area contributed by atoms with Gasteiger partial charge >= 0.3 is 0 Å². The molecule has 0 saturated heterocycles. The van der Waals surface area contributed by atoms with E-state index in [4.69, 9.17) is 4.74 Å². The zero-order valence-electron chi connectivity index (χ0n) is 8.93.